The third kappa shape index (κ3) is 7.87. The molecule has 6 heteroatoms. The van der Waals surface area contributed by atoms with E-state index in [2.05, 4.69) is 6.92 Å². The molecule has 2 unspecified atom stereocenters. The number of carbonyl (C=O) groups is 1. The number of alkyl halides is 1. The Morgan fingerprint density at radius 1 is 1.50 bits per heavy atom. The number of aliphatic carboxylic acids is 1. The fourth-order valence-corrected chi connectivity index (χ4v) is 1.76. The Hall–Kier alpha value is -0.360. The fraction of sp³-hybridized carbons (Fsp3) is 0.900. The zero-order valence-corrected chi connectivity index (χ0v) is 10.7. The van der Waals surface area contributed by atoms with E-state index in [9.17, 15) is 9.90 Å². The normalized spacial score (nSPS) is 16.0. The lowest BCUT2D eigenvalue weighted by atomic mass is 10.2. The number of likely N-dealkylation sites (N-methyl/N-ethyl adjacent to an activating group) is 1. The molecule has 5 nitrogen and oxygen atoms in total. The Morgan fingerprint density at radius 2 is 2.06 bits per heavy atom. The van der Waals surface area contributed by atoms with Crippen molar-refractivity contribution >= 4 is 17.6 Å². The summed E-state index contributed by atoms with van der Waals surface area (Å²) >= 11 is 5.52. The van der Waals surface area contributed by atoms with Crippen molar-refractivity contribution in [2.24, 2.45) is 0 Å². The number of nitrogens with zero attached hydrogens (tertiary/aromatic N) is 1. The summed E-state index contributed by atoms with van der Waals surface area (Å²) in [5.74, 6) is -0.685. The van der Waals surface area contributed by atoms with Crippen LogP contribution in [0.4, 0.5) is 0 Å². The Balaban J connectivity index is 0. The molecule has 0 rings (SSSR count). The molecule has 0 saturated carbocycles. The minimum Gasteiger partial charge on any atom is -0.870 e. The van der Waals surface area contributed by atoms with Gasteiger partial charge in [-0.25, -0.2) is 4.79 Å². The van der Waals surface area contributed by atoms with E-state index in [0.717, 1.165) is 19.4 Å². The van der Waals surface area contributed by atoms with Crippen molar-refractivity contribution in [3.8, 4) is 0 Å². The Morgan fingerprint density at radius 3 is 2.44 bits per heavy atom. The van der Waals surface area contributed by atoms with E-state index in [4.69, 9.17) is 16.7 Å². The van der Waals surface area contributed by atoms with Crippen molar-refractivity contribution in [1.82, 2.24) is 0 Å². The molecule has 0 aliphatic heterocycles. The van der Waals surface area contributed by atoms with Crippen molar-refractivity contribution in [2.75, 3.05) is 32.6 Å². The Labute approximate surface area is 102 Å². The summed E-state index contributed by atoms with van der Waals surface area (Å²) in [7, 11) is 1.85. The van der Waals surface area contributed by atoms with Crippen molar-refractivity contribution < 1.29 is 25.0 Å². The summed E-state index contributed by atoms with van der Waals surface area (Å²) in [6.07, 6.45) is 1.34. The average Bonchev–Trinajstić information content (AvgIpc) is 2.13. The second kappa shape index (κ2) is 8.75. The van der Waals surface area contributed by atoms with Gasteiger partial charge in [0, 0.05) is 0 Å². The van der Waals surface area contributed by atoms with Gasteiger partial charge in [0.1, 0.15) is 12.6 Å². The number of halogens is 1. The number of carboxylic acid groups (broad SMARTS) is 1. The maximum Gasteiger partial charge on any atom is 0.359 e. The number of hydrogen-bond donors (Lipinski definition) is 2. The van der Waals surface area contributed by atoms with Gasteiger partial charge in [0.2, 0.25) is 0 Å². The van der Waals surface area contributed by atoms with E-state index in [1.807, 2.05) is 7.05 Å². The molecule has 98 valence electrons. The van der Waals surface area contributed by atoms with Crippen LogP contribution in [0.2, 0.25) is 0 Å². The number of aliphatic hydroxyl groups excluding tert-OH is 1. The van der Waals surface area contributed by atoms with Gasteiger partial charge >= 0.3 is 5.97 Å². The fourth-order valence-electron chi connectivity index (χ4n) is 1.66. The van der Waals surface area contributed by atoms with Gasteiger partial charge in [0.05, 0.1) is 19.5 Å². The first kappa shape index (κ1) is 18.0. The number of carboxylic acids is 1. The molecule has 16 heavy (non-hydrogen) atoms. The van der Waals surface area contributed by atoms with Crippen molar-refractivity contribution in [3.05, 3.63) is 0 Å². The van der Waals surface area contributed by atoms with Crippen LogP contribution < -0.4 is 0 Å². The van der Waals surface area contributed by atoms with Crippen molar-refractivity contribution in [2.45, 2.75) is 25.9 Å². The topological polar surface area (TPSA) is 87.5 Å². The van der Waals surface area contributed by atoms with Gasteiger partial charge in [-0.3, -0.25) is 0 Å². The van der Waals surface area contributed by atoms with E-state index >= 15 is 0 Å². The molecule has 0 spiro atoms. The summed E-state index contributed by atoms with van der Waals surface area (Å²) in [4.78, 5) is 10.7. The maximum absolute atomic E-state index is 10.7. The summed E-state index contributed by atoms with van der Waals surface area (Å²) < 4.78 is 0.344. The minimum absolute atomic E-state index is 0. The third-order valence-corrected chi connectivity index (χ3v) is 2.75. The van der Waals surface area contributed by atoms with Crippen LogP contribution in [0.3, 0.4) is 0 Å². The molecule has 0 aromatic heterocycles. The van der Waals surface area contributed by atoms with Crippen LogP contribution in [-0.2, 0) is 4.79 Å². The highest BCUT2D eigenvalue weighted by Crippen LogP contribution is 2.08. The second-order valence-electron chi connectivity index (χ2n) is 4.24. The number of unbranched alkanes of at least 4 members (excludes halogenated alkanes) is 1. The van der Waals surface area contributed by atoms with Crippen LogP contribution in [0.5, 0.6) is 0 Å². The largest absolute Gasteiger partial charge is 0.870 e. The average molecular weight is 256 g/mol. The van der Waals surface area contributed by atoms with Gasteiger partial charge in [-0.2, -0.15) is 0 Å². The van der Waals surface area contributed by atoms with Crippen molar-refractivity contribution in [1.29, 1.82) is 0 Å². The molecule has 0 heterocycles. The number of aliphatic hydroxyl groups is 1. The summed E-state index contributed by atoms with van der Waals surface area (Å²) in [6.45, 7) is 3.25. The molecular formula is C10H22ClNO4. The van der Waals surface area contributed by atoms with E-state index in [1.165, 1.54) is 0 Å². The van der Waals surface area contributed by atoms with Crippen LogP contribution in [-0.4, -0.2) is 64.8 Å². The SMILES string of the molecule is CCCC[N+](C)(CC(=O)O)CC(O)CCl.[OH-]. The molecule has 2 atom stereocenters. The Bertz CT molecular complexity index is 203. The standard InChI is InChI=1S/C10H20ClNO3.H2O/c1-3-4-5-12(2,8-10(14)15)7-9(13)6-11;/h9,13H,3-8H2,1-2H3;1H2. The molecule has 0 radical (unpaired) electrons. The zero-order valence-electron chi connectivity index (χ0n) is 9.90. The molecule has 3 N–H and O–H groups in total. The van der Waals surface area contributed by atoms with Crippen LogP contribution in [0.15, 0.2) is 0 Å². The second-order valence-corrected chi connectivity index (χ2v) is 4.55. The predicted molar refractivity (Wildman–Crippen MR) is 62.0 cm³/mol. The first-order valence-corrected chi connectivity index (χ1v) is 5.76. The lowest BCUT2D eigenvalue weighted by molar-refractivity contribution is -0.905. The van der Waals surface area contributed by atoms with E-state index < -0.39 is 12.1 Å². The lowest BCUT2D eigenvalue weighted by Gasteiger charge is -2.34. The quantitative estimate of drug-likeness (QED) is 0.495. The molecular weight excluding hydrogens is 234 g/mol. The molecule has 0 aliphatic rings. The van der Waals surface area contributed by atoms with Gasteiger partial charge in [0.15, 0.2) is 6.54 Å². The smallest absolute Gasteiger partial charge is 0.359 e. The van der Waals surface area contributed by atoms with E-state index in [0.29, 0.717) is 11.0 Å². The van der Waals surface area contributed by atoms with Gasteiger partial charge in [0.25, 0.3) is 0 Å². The maximum atomic E-state index is 10.7. The van der Waals surface area contributed by atoms with E-state index in [1.54, 1.807) is 0 Å². The molecule has 0 aromatic rings. The summed E-state index contributed by atoms with van der Waals surface area (Å²) in [5, 5.41) is 18.3. The highest BCUT2D eigenvalue weighted by atomic mass is 35.5. The molecule has 0 bridgehead atoms. The highest BCUT2D eigenvalue weighted by molar-refractivity contribution is 6.18. The first-order chi connectivity index (χ1) is 6.93. The van der Waals surface area contributed by atoms with Crippen molar-refractivity contribution in [3.63, 3.8) is 0 Å². The summed E-state index contributed by atoms with van der Waals surface area (Å²) in [5.41, 5.74) is 0. The summed E-state index contributed by atoms with van der Waals surface area (Å²) in [6, 6.07) is 0. The Kier molecular flexibility index (Phi) is 9.86. The number of quaternary nitrogens is 1. The van der Waals surface area contributed by atoms with Crippen LogP contribution in [0.25, 0.3) is 0 Å². The van der Waals surface area contributed by atoms with Gasteiger partial charge in [-0.1, -0.05) is 13.3 Å². The highest BCUT2D eigenvalue weighted by Gasteiger charge is 2.27. The third-order valence-electron chi connectivity index (χ3n) is 2.40. The minimum atomic E-state index is -0.838. The predicted octanol–water partition coefficient (Wildman–Crippen LogP) is 0.741. The molecule has 0 saturated heterocycles. The van der Waals surface area contributed by atoms with Gasteiger partial charge in [-0.05, 0) is 6.42 Å². The first-order valence-electron chi connectivity index (χ1n) is 5.23. The number of hydrogen-bond acceptors (Lipinski definition) is 3. The molecule has 0 amide bonds. The van der Waals surface area contributed by atoms with Crippen LogP contribution >= 0.6 is 11.6 Å². The molecule has 0 aliphatic carbocycles. The van der Waals surface area contributed by atoms with Crippen LogP contribution in [0.1, 0.15) is 19.8 Å². The monoisotopic (exact) mass is 255 g/mol. The van der Waals surface area contributed by atoms with Gasteiger partial charge < -0.3 is 20.2 Å². The lowest BCUT2D eigenvalue weighted by Crippen LogP contribution is -2.52. The molecule has 0 aromatic carbocycles. The zero-order chi connectivity index (χ0) is 11.9. The van der Waals surface area contributed by atoms with Gasteiger partial charge in [-0.15, -0.1) is 11.6 Å². The molecule has 0 fully saturated rings. The van der Waals surface area contributed by atoms with E-state index in [-0.39, 0.29) is 17.9 Å². The van der Waals surface area contributed by atoms with Crippen LogP contribution in [0, 0.1) is 0 Å². The number of rotatable bonds is 8.